The molecule has 0 radical (unpaired) electrons. The molecule has 1 aromatic heterocycles. The first-order valence-corrected chi connectivity index (χ1v) is 6.25. The summed E-state index contributed by atoms with van der Waals surface area (Å²) in [5, 5.41) is 10.7. The lowest BCUT2D eigenvalue weighted by Gasteiger charge is -2.00. The van der Waals surface area contributed by atoms with Crippen molar-refractivity contribution in [3.05, 3.63) is 34.3 Å². The zero-order valence-corrected chi connectivity index (χ0v) is 10.4. The molecule has 0 aliphatic heterocycles. The molecular weight excluding hydrogens is 242 g/mol. The van der Waals surface area contributed by atoms with Crippen LogP contribution in [0.2, 0.25) is 5.02 Å². The fourth-order valence-corrected chi connectivity index (χ4v) is 2.41. The van der Waals surface area contributed by atoms with Crippen LogP contribution in [0.5, 0.6) is 0 Å². The summed E-state index contributed by atoms with van der Waals surface area (Å²) in [4.78, 5) is 0. The second-order valence-electron chi connectivity index (χ2n) is 3.47. The Labute approximate surface area is 103 Å². The Morgan fingerprint density at radius 2 is 2.25 bits per heavy atom. The van der Waals surface area contributed by atoms with Crippen molar-refractivity contribution in [2.24, 2.45) is 5.73 Å². The highest BCUT2D eigenvalue weighted by Gasteiger charge is 2.11. The lowest BCUT2D eigenvalue weighted by Crippen LogP contribution is -2.07. The molecule has 1 unspecified atom stereocenters. The van der Waals surface area contributed by atoms with Crippen LogP contribution in [0.25, 0.3) is 10.6 Å². The van der Waals surface area contributed by atoms with E-state index in [2.05, 4.69) is 10.2 Å². The number of nitrogens with zero attached hydrogens (tertiary/aromatic N) is 2. The van der Waals surface area contributed by atoms with E-state index < -0.39 is 0 Å². The number of halogens is 1. The smallest absolute Gasteiger partial charge is 0.147 e. The van der Waals surface area contributed by atoms with Crippen LogP contribution in [0.15, 0.2) is 24.3 Å². The normalized spacial score (nSPS) is 12.7. The molecule has 1 atom stereocenters. The summed E-state index contributed by atoms with van der Waals surface area (Å²) in [5.74, 6) is 0. The number of hydrogen-bond donors (Lipinski definition) is 1. The van der Waals surface area contributed by atoms with Gasteiger partial charge in [-0.3, -0.25) is 0 Å². The summed E-state index contributed by atoms with van der Waals surface area (Å²) in [6.07, 6.45) is 0.865. The Morgan fingerprint density at radius 1 is 1.44 bits per heavy atom. The minimum atomic E-state index is -0.0227. The predicted molar refractivity (Wildman–Crippen MR) is 67.6 cm³/mol. The highest BCUT2D eigenvalue weighted by molar-refractivity contribution is 7.14. The van der Waals surface area contributed by atoms with E-state index in [4.69, 9.17) is 17.3 Å². The first kappa shape index (κ1) is 11.5. The minimum Gasteiger partial charge on any atom is -0.322 e. The van der Waals surface area contributed by atoms with Crippen molar-refractivity contribution >= 4 is 22.9 Å². The molecular formula is C11H12ClN3S. The molecule has 0 amide bonds. The van der Waals surface area contributed by atoms with Gasteiger partial charge in [-0.15, -0.1) is 10.2 Å². The molecule has 2 rings (SSSR count). The van der Waals surface area contributed by atoms with Crippen LogP contribution in [0.3, 0.4) is 0 Å². The van der Waals surface area contributed by atoms with Crippen molar-refractivity contribution in [2.75, 3.05) is 0 Å². The van der Waals surface area contributed by atoms with Gasteiger partial charge in [0.05, 0.1) is 6.04 Å². The van der Waals surface area contributed by atoms with Gasteiger partial charge in [-0.2, -0.15) is 0 Å². The van der Waals surface area contributed by atoms with Crippen LogP contribution in [0, 0.1) is 0 Å². The van der Waals surface area contributed by atoms with Gasteiger partial charge in [-0.25, -0.2) is 0 Å². The molecule has 2 aromatic rings. The van der Waals surface area contributed by atoms with Crippen molar-refractivity contribution in [3.8, 4) is 10.6 Å². The maximum absolute atomic E-state index is 5.92. The van der Waals surface area contributed by atoms with E-state index in [-0.39, 0.29) is 6.04 Å². The maximum Gasteiger partial charge on any atom is 0.147 e. The van der Waals surface area contributed by atoms with Crippen LogP contribution >= 0.6 is 22.9 Å². The van der Waals surface area contributed by atoms with Gasteiger partial charge in [0.1, 0.15) is 10.0 Å². The van der Waals surface area contributed by atoms with Gasteiger partial charge >= 0.3 is 0 Å². The van der Waals surface area contributed by atoms with Crippen LogP contribution in [-0.2, 0) is 0 Å². The van der Waals surface area contributed by atoms with Crippen LogP contribution in [0.4, 0.5) is 0 Å². The van der Waals surface area contributed by atoms with Gasteiger partial charge in [0.25, 0.3) is 0 Å². The molecule has 0 saturated carbocycles. The van der Waals surface area contributed by atoms with E-state index in [0.717, 1.165) is 22.0 Å². The maximum atomic E-state index is 5.92. The van der Waals surface area contributed by atoms with Crippen molar-refractivity contribution < 1.29 is 0 Å². The van der Waals surface area contributed by atoms with E-state index in [1.165, 1.54) is 11.3 Å². The van der Waals surface area contributed by atoms with Gasteiger partial charge < -0.3 is 5.73 Å². The average Bonchev–Trinajstić information content (AvgIpc) is 2.77. The lowest BCUT2D eigenvalue weighted by atomic mass is 10.2. The predicted octanol–water partition coefficient (Wildman–Crippen LogP) is 3.27. The SMILES string of the molecule is CCC(N)c1nnc(-c2cccc(Cl)c2)s1. The second-order valence-corrected chi connectivity index (χ2v) is 4.92. The van der Waals surface area contributed by atoms with Gasteiger partial charge in [0.15, 0.2) is 0 Å². The molecule has 3 nitrogen and oxygen atoms in total. The van der Waals surface area contributed by atoms with Gasteiger partial charge in [-0.05, 0) is 18.6 Å². The van der Waals surface area contributed by atoms with Crippen molar-refractivity contribution in [3.63, 3.8) is 0 Å². The zero-order valence-electron chi connectivity index (χ0n) is 8.85. The molecule has 84 valence electrons. The molecule has 1 aromatic carbocycles. The average molecular weight is 254 g/mol. The second kappa shape index (κ2) is 4.91. The third-order valence-electron chi connectivity index (χ3n) is 2.27. The summed E-state index contributed by atoms with van der Waals surface area (Å²) in [6, 6.07) is 7.56. The number of nitrogens with two attached hydrogens (primary N) is 1. The van der Waals surface area contributed by atoms with Crippen LogP contribution in [-0.4, -0.2) is 10.2 Å². The Balaban J connectivity index is 2.31. The molecule has 5 heteroatoms. The third kappa shape index (κ3) is 2.40. The number of benzene rings is 1. The molecule has 0 spiro atoms. The van der Waals surface area contributed by atoms with Gasteiger partial charge in [0.2, 0.25) is 0 Å². The molecule has 0 fully saturated rings. The number of aromatic nitrogens is 2. The van der Waals surface area contributed by atoms with E-state index in [1.807, 2.05) is 31.2 Å². The molecule has 1 heterocycles. The minimum absolute atomic E-state index is 0.0227. The molecule has 0 aliphatic carbocycles. The van der Waals surface area contributed by atoms with E-state index in [1.54, 1.807) is 0 Å². The summed E-state index contributed by atoms with van der Waals surface area (Å²) >= 11 is 7.44. The van der Waals surface area contributed by atoms with Crippen molar-refractivity contribution in [1.82, 2.24) is 10.2 Å². The van der Waals surface area contributed by atoms with Crippen molar-refractivity contribution in [2.45, 2.75) is 19.4 Å². The molecule has 2 N–H and O–H groups in total. The summed E-state index contributed by atoms with van der Waals surface area (Å²) in [6.45, 7) is 2.03. The molecule has 0 bridgehead atoms. The first-order chi connectivity index (χ1) is 7.70. The first-order valence-electron chi connectivity index (χ1n) is 5.05. The zero-order chi connectivity index (χ0) is 11.5. The topological polar surface area (TPSA) is 51.8 Å². The van der Waals surface area contributed by atoms with Crippen LogP contribution in [0.1, 0.15) is 24.4 Å². The lowest BCUT2D eigenvalue weighted by molar-refractivity contribution is 0.683. The summed E-state index contributed by atoms with van der Waals surface area (Å²) < 4.78 is 0. The third-order valence-corrected chi connectivity index (χ3v) is 3.61. The standard InChI is InChI=1S/C11H12ClN3S/c1-2-9(13)11-15-14-10(16-11)7-4-3-5-8(12)6-7/h3-6,9H,2,13H2,1H3. The largest absolute Gasteiger partial charge is 0.322 e. The monoisotopic (exact) mass is 253 g/mol. The van der Waals surface area contributed by atoms with E-state index >= 15 is 0 Å². The van der Waals surface area contributed by atoms with Gasteiger partial charge in [-0.1, -0.05) is 42.0 Å². The fourth-order valence-electron chi connectivity index (χ4n) is 1.30. The Morgan fingerprint density at radius 3 is 2.94 bits per heavy atom. The highest BCUT2D eigenvalue weighted by atomic mass is 35.5. The fraction of sp³-hybridized carbons (Fsp3) is 0.273. The van der Waals surface area contributed by atoms with Crippen molar-refractivity contribution in [1.29, 1.82) is 0 Å². The molecule has 16 heavy (non-hydrogen) atoms. The summed E-state index contributed by atoms with van der Waals surface area (Å²) in [7, 11) is 0. The molecule has 0 saturated heterocycles. The number of rotatable bonds is 3. The van der Waals surface area contributed by atoms with E-state index in [0.29, 0.717) is 5.02 Å². The van der Waals surface area contributed by atoms with Gasteiger partial charge in [0, 0.05) is 10.6 Å². The Kier molecular flexibility index (Phi) is 3.53. The highest BCUT2D eigenvalue weighted by Crippen LogP contribution is 2.28. The van der Waals surface area contributed by atoms with Crippen LogP contribution < -0.4 is 5.73 Å². The summed E-state index contributed by atoms with van der Waals surface area (Å²) in [5.41, 5.74) is 6.88. The Bertz CT molecular complexity index is 484. The number of hydrogen-bond acceptors (Lipinski definition) is 4. The Hall–Kier alpha value is -0.970. The quantitative estimate of drug-likeness (QED) is 0.913. The molecule has 0 aliphatic rings. The van der Waals surface area contributed by atoms with E-state index in [9.17, 15) is 0 Å².